The summed E-state index contributed by atoms with van der Waals surface area (Å²) in [4.78, 5) is 2.50. The first-order valence-electron chi connectivity index (χ1n) is 17.8. The number of aryl methyl sites for hydroxylation is 1. The van der Waals surface area contributed by atoms with Crippen molar-refractivity contribution in [1.29, 1.82) is 0 Å². The molecule has 10 rings (SSSR count). The van der Waals surface area contributed by atoms with E-state index >= 15 is 0 Å². The van der Waals surface area contributed by atoms with Gasteiger partial charge >= 0.3 is 0 Å². The van der Waals surface area contributed by atoms with Gasteiger partial charge in [-0.2, -0.15) is 0 Å². The molecule has 0 fully saturated rings. The van der Waals surface area contributed by atoms with Gasteiger partial charge in [0.05, 0.1) is 16.9 Å². The summed E-state index contributed by atoms with van der Waals surface area (Å²) in [5, 5.41) is 5.01. The molecule has 1 heterocycles. The highest BCUT2D eigenvalue weighted by Gasteiger charge is 2.43. The van der Waals surface area contributed by atoms with E-state index in [1.54, 1.807) is 0 Å². The van der Waals surface area contributed by atoms with Crippen molar-refractivity contribution in [3.05, 3.63) is 199 Å². The maximum atomic E-state index is 2.50. The van der Waals surface area contributed by atoms with Crippen LogP contribution in [0.5, 0.6) is 0 Å². The molecule has 1 aliphatic rings. The summed E-state index contributed by atoms with van der Waals surface area (Å²) < 4.78 is 2.32. The van der Waals surface area contributed by atoms with Crippen LogP contribution in [-0.4, -0.2) is 4.57 Å². The Morgan fingerprint density at radius 2 is 1.10 bits per heavy atom. The highest BCUT2D eigenvalue weighted by Crippen LogP contribution is 2.58. The molecule has 2 heteroatoms. The fourth-order valence-electron chi connectivity index (χ4n) is 8.80. The van der Waals surface area contributed by atoms with Crippen LogP contribution in [0.3, 0.4) is 0 Å². The number of nitrogens with zero attached hydrogens (tertiary/aromatic N) is 2. The third-order valence-electron chi connectivity index (χ3n) is 11.3. The molecule has 9 aromatic rings. The van der Waals surface area contributed by atoms with Crippen LogP contribution in [0.15, 0.2) is 182 Å². The fourth-order valence-corrected chi connectivity index (χ4v) is 8.80. The molecule has 0 N–H and O–H groups in total. The average Bonchev–Trinajstić information content (AvgIpc) is 3.64. The lowest BCUT2D eigenvalue weighted by Crippen LogP contribution is -2.23. The maximum Gasteiger partial charge on any atom is 0.0562 e. The van der Waals surface area contributed by atoms with E-state index in [2.05, 4.69) is 205 Å². The van der Waals surface area contributed by atoms with Crippen molar-refractivity contribution in [2.24, 2.45) is 7.05 Å². The zero-order valence-electron chi connectivity index (χ0n) is 28.7. The van der Waals surface area contributed by atoms with Crippen LogP contribution in [0.1, 0.15) is 23.6 Å². The Morgan fingerprint density at radius 1 is 0.471 bits per heavy atom. The van der Waals surface area contributed by atoms with Gasteiger partial charge in [0.25, 0.3) is 0 Å². The van der Waals surface area contributed by atoms with Crippen LogP contribution in [-0.2, 0) is 12.5 Å². The molecule has 0 aliphatic heterocycles. The number of benzene rings is 8. The zero-order chi connectivity index (χ0) is 34.1. The van der Waals surface area contributed by atoms with Crippen molar-refractivity contribution in [2.45, 2.75) is 12.3 Å². The summed E-state index contributed by atoms with van der Waals surface area (Å²) in [5.74, 6) is 0. The minimum Gasteiger partial charge on any atom is -0.344 e. The van der Waals surface area contributed by atoms with Gasteiger partial charge in [0.15, 0.2) is 0 Å². The molecule has 1 atom stereocenters. The molecule has 242 valence electrons. The molecule has 0 radical (unpaired) electrons. The molecule has 1 aromatic heterocycles. The molecule has 0 saturated carbocycles. The summed E-state index contributed by atoms with van der Waals surface area (Å²) in [6.07, 6.45) is 0. The van der Waals surface area contributed by atoms with Crippen LogP contribution in [0.25, 0.3) is 54.8 Å². The van der Waals surface area contributed by atoms with Gasteiger partial charge in [0.2, 0.25) is 0 Å². The second-order valence-electron chi connectivity index (χ2n) is 13.9. The minimum absolute atomic E-state index is 0.386. The summed E-state index contributed by atoms with van der Waals surface area (Å²) >= 11 is 0. The third-order valence-corrected chi connectivity index (χ3v) is 11.3. The molecule has 1 unspecified atom stereocenters. The van der Waals surface area contributed by atoms with Crippen molar-refractivity contribution in [3.63, 3.8) is 0 Å². The Morgan fingerprint density at radius 3 is 1.86 bits per heavy atom. The Labute approximate surface area is 298 Å². The predicted molar refractivity (Wildman–Crippen MR) is 215 cm³/mol. The number of hydrogen-bond acceptors (Lipinski definition) is 1. The van der Waals surface area contributed by atoms with Crippen LogP contribution in [0.2, 0.25) is 0 Å². The van der Waals surface area contributed by atoms with E-state index in [9.17, 15) is 0 Å². The van der Waals surface area contributed by atoms with Crippen molar-refractivity contribution in [1.82, 2.24) is 4.57 Å². The Kier molecular flexibility index (Phi) is 6.56. The van der Waals surface area contributed by atoms with Crippen LogP contribution < -0.4 is 4.90 Å². The minimum atomic E-state index is -0.386. The maximum absolute atomic E-state index is 2.50. The summed E-state index contributed by atoms with van der Waals surface area (Å²) in [7, 11) is 2.18. The van der Waals surface area contributed by atoms with Crippen molar-refractivity contribution < 1.29 is 0 Å². The molecule has 0 bridgehead atoms. The van der Waals surface area contributed by atoms with E-state index in [-0.39, 0.29) is 5.41 Å². The van der Waals surface area contributed by atoms with E-state index in [1.165, 1.54) is 82.9 Å². The smallest absolute Gasteiger partial charge is 0.0562 e. The van der Waals surface area contributed by atoms with Crippen LogP contribution >= 0.6 is 0 Å². The second kappa shape index (κ2) is 11.3. The molecule has 0 amide bonds. The molecular formula is C49H36N2. The van der Waals surface area contributed by atoms with Gasteiger partial charge in [-0.25, -0.2) is 0 Å². The highest BCUT2D eigenvalue weighted by molar-refractivity contribution is 6.18. The molecule has 0 spiro atoms. The lowest BCUT2D eigenvalue weighted by Gasteiger charge is -2.32. The van der Waals surface area contributed by atoms with Gasteiger partial charge < -0.3 is 9.47 Å². The topological polar surface area (TPSA) is 8.17 Å². The predicted octanol–water partition coefficient (Wildman–Crippen LogP) is 13.0. The number of aromatic nitrogens is 1. The number of hydrogen-bond donors (Lipinski definition) is 0. The highest BCUT2D eigenvalue weighted by atomic mass is 15.1. The third kappa shape index (κ3) is 4.30. The average molecular weight is 653 g/mol. The molecule has 51 heavy (non-hydrogen) atoms. The SMILES string of the molecule is Cn1c2ccccc2c2c(N(c3ccccc3)c3cc4c(c5ccccc35)-c3ccc(-c5ccccc5)cc3C4(C)c3ccccc3)cccc21. The van der Waals surface area contributed by atoms with Crippen molar-refractivity contribution in [3.8, 4) is 22.3 Å². The van der Waals surface area contributed by atoms with Crippen LogP contribution in [0.4, 0.5) is 17.1 Å². The van der Waals surface area contributed by atoms with Gasteiger partial charge in [-0.05, 0) is 93.7 Å². The van der Waals surface area contributed by atoms with E-state index < -0.39 is 0 Å². The fraction of sp³-hybridized carbons (Fsp3) is 0.0612. The summed E-state index contributed by atoms with van der Waals surface area (Å²) in [5.41, 5.74) is 14.6. The van der Waals surface area contributed by atoms with Crippen molar-refractivity contribution in [2.75, 3.05) is 4.90 Å². The van der Waals surface area contributed by atoms with Crippen LogP contribution in [0, 0.1) is 0 Å². The largest absolute Gasteiger partial charge is 0.344 e. The Bertz CT molecular complexity index is 2760. The molecule has 1 aliphatic carbocycles. The lowest BCUT2D eigenvalue weighted by atomic mass is 9.73. The first-order chi connectivity index (χ1) is 25.1. The Balaban J connectivity index is 1.32. The number of anilines is 3. The quantitative estimate of drug-likeness (QED) is 0.180. The van der Waals surface area contributed by atoms with Gasteiger partial charge in [-0.3, -0.25) is 0 Å². The zero-order valence-corrected chi connectivity index (χ0v) is 28.7. The molecule has 0 saturated heterocycles. The molecule has 2 nitrogen and oxygen atoms in total. The van der Waals surface area contributed by atoms with E-state index in [0.29, 0.717) is 0 Å². The second-order valence-corrected chi connectivity index (χ2v) is 13.9. The molecular weight excluding hydrogens is 617 g/mol. The summed E-state index contributed by atoms with van der Waals surface area (Å²) in [6.45, 7) is 2.43. The van der Waals surface area contributed by atoms with Gasteiger partial charge in [-0.15, -0.1) is 0 Å². The van der Waals surface area contributed by atoms with Gasteiger partial charge in [-0.1, -0.05) is 140 Å². The van der Waals surface area contributed by atoms with E-state index in [4.69, 9.17) is 0 Å². The number of fused-ring (bicyclic) bond motifs is 8. The molecule has 8 aromatic carbocycles. The Hall–Kier alpha value is -6.38. The van der Waals surface area contributed by atoms with Gasteiger partial charge in [0, 0.05) is 39.8 Å². The number of rotatable bonds is 5. The van der Waals surface area contributed by atoms with Crippen molar-refractivity contribution >= 4 is 49.6 Å². The normalized spacial score (nSPS) is 14.9. The van der Waals surface area contributed by atoms with Gasteiger partial charge in [0.1, 0.15) is 0 Å². The lowest BCUT2D eigenvalue weighted by molar-refractivity contribution is 0.714. The monoisotopic (exact) mass is 652 g/mol. The summed E-state index contributed by atoms with van der Waals surface area (Å²) in [6, 6.07) is 66.9. The van der Waals surface area contributed by atoms with E-state index in [0.717, 1.165) is 5.69 Å². The first-order valence-corrected chi connectivity index (χ1v) is 17.8. The number of para-hydroxylation sites is 2. The first kappa shape index (κ1) is 29.5. The standard InChI is InChI=1S/C49H36N2/c1-49(35-19-8-4-9-20-35)41-31-34(33-17-6-3-7-18-33)29-30-39(41)47-38-24-13-12-23-37(38)46(32-42(47)49)51(36-21-10-5-11-22-36)45-28-16-27-44-48(45)40-25-14-15-26-43(40)50(44)2/h3-32H,1-2H3. The van der Waals surface area contributed by atoms with E-state index in [1.807, 2.05) is 0 Å².